The molecule has 2 saturated heterocycles. The van der Waals surface area contributed by atoms with Gasteiger partial charge in [0.15, 0.2) is 0 Å². The third-order valence-corrected chi connectivity index (χ3v) is 5.83. The monoisotopic (exact) mass is 355 g/mol. The van der Waals surface area contributed by atoms with Crippen LogP contribution in [0.15, 0.2) is 22.7 Å². The molecule has 0 unspecified atom stereocenters. The largest absolute Gasteiger partial charge is 0.338 e. The van der Waals surface area contributed by atoms with Crippen LogP contribution in [0.2, 0.25) is 0 Å². The Bertz CT molecular complexity index is 742. The molecular weight excluding hydrogens is 326 g/mol. The smallest absolute Gasteiger partial charge is 0.266 e. The third kappa shape index (κ3) is 3.62. The number of anilines is 1. The van der Waals surface area contributed by atoms with Gasteiger partial charge in [0.25, 0.3) is 11.8 Å². The molecule has 2 aliphatic heterocycles. The number of hydrogen-bond donors (Lipinski definition) is 0. The summed E-state index contributed by atoms with van der Waals surface area (Å²) in [7, 11) is 2.21. The van der Waals surface area contributed by atoms with Crippen LogP contribution in [0.5, 0.6) is 0 Å². The molecule has 0 N–H and O–H groups in total. The van der Waals surface area contributed by atoms with Crippen LogP contribution in [0.1, 0.15) is 24.0 Å². The number of aryl methyl sites for hydroxylation is 2. The van der Waals surface area contributed by atoms with Gasteiger partial charge in [-0.2, -0.15) is 4.98 Å². The lowest BCUT2D eigenvalue weighted by atomic mass is 10.0. The van der Waals surface area contributed by atoms with Crippen molar-refractivity contribution in [3.05, 3.63) is 29.3 Å². The standard InChI is InChI=1S/C20H29N5O/c1-15-4-5-18(16(2)14-15)19-21-20(22-26-19)25-8-6-17(7-9-25)24-12-10-23(3)11-13-24/h4-5,14,17H,6-13H2,1-3H3. The highest BCUT2D eigenvalue weighted by molar-refractivity contribution is 5.60. The van der Waals surface area contributed by atoms with E-state index in [9.17, 15) is 0 Å². The highest BCUT2D eigenvalue weighted by Gasteiger charge is 2.28. The molecule has 2 aliphatic rings. The van der Waals surface area contributed by atoms with Crippen molar-refractivity contribution in [3.8, 4) is 11.5 Å². The minimum atomic E-state index is 0.624. The molecular formula is C20H29N5O. The van der Waals surface area contributed by atoms with Gasteiger partial charge in [0.2, 0.25) is 0 Å². The van der Waals surface area contributed by atoms with Gasteiger partial charge in [-0.05, 0) is 50.5 Å². The third-order valence-electron chi connectivity index (χ3n) is 5.83. The van der Waals surface area contributed by atoms with Gasteiger partial charge in [-0.3, -0.25) is 4.90 Å². The maximum Gasteiger partial charge on any atom is 0.266 e. The molecule has 0 atom stereocenters. The zero-order valence-electron chi connectivity index (χ0n) is 16.1. The van der Waals surface area contributed by atoms with Crippen molar-refractivity contribution >= 4 is 5.95 Å². The molecule has 1 aromatic carbocycles. The summed E-state index contributed by atoms with van der Waals surface area (Å²) in [6.07, 6.45) is 2.36. The molecule has 0 bridgehead atoms. The number of benzene rings is 1. The fourth-order valence-corrected chi connectivity index (χ4v) is 4.13. The molecule has 2 aromatic rings. The SMILES string of the molecule is Cc1ccc(-c2nc(N3CCC(N4CCN(C)CC4)CC3)no2)c(C)c1. The highest BCUT2D eigenvalue weighted by Crippen LogP contribution is 2.26. The van der Waals surface area contributed by atoms with Gasteiger partial charge in [-0.1, -0.05) is 17.7 Å². The zero-order chi connectivity index (χ0) is 18.1. The fourth-order valence-electron chi connectivity index (χ4n) is 4.13. The number of hydrogen-bond acceptors (Lipinski definition) is 6. The molecule has 140 valence electrons. The van der Waals surface area contributed by atoms with E-state index in [4.69, 9.17) is 4.52 Å². The van der Waals surface area contributed by atoms with Crippen LogP contribution in [0.25, 0.3) is 11.5 Å². The molecule has 0 spiro atoms. The first-order valence-electron chi connectivity index (χ1n) is 9.69. The minimum absolute atomic E-state index is 0.624. The van der Waals surface area contributed by atoms with Crippen molar-refractivity contribution in [3.63, 3.8) is 0 Å². The van der Waals surface area contributed by atoms with Crippen LogP contribution in [-0.4, -0.2) is 72.3 Å². The first kappa shape index (κ1) is 17.5. The van der Waals surface area contributed by atoms with Crippen molar-refractivity contribution in [1.82, 2.24) is 19.9 Å². The summed E-state index contributed by atoms with van der Waals surface area (Å²) < 4.78 is 5.56. The van der Waals surface area contributed by atoms with Crippen LogP contribution in [0, 0.1) is 13.8 Å². The Kier molecular flexibility index (Phi) is 4.96. The Morgan fingerprint density at radius 1 is 1.00 bits per heavy atom. The van der Waals surface area contributed by atoms with E-state index in [0.717, 1.165) is 24.6 Å². The van der Waals surface area contributed by atoms with Gasteiger partial charge in [0, 0.05) is 50.9 Å². The summed E-state index contributed by atoms with van der Waals surface area (Å²) in [5.74, 6) is 1.36. The van der Waals surface area contributed by atoms with E-state index < -0.39 is 0 Å². The first-order valence-corrected chi connectivity index (χ1v) is 9.69. The summed E-state index contributed by atoms with van der Waals surface area (Å²) >= 11 is 0. The van der Waals surface area contributed by atoms with Gasteiger partial charge >= 0.3 is 0 Å². The van der Waals surface area contributed by atoms with Crippen molar-refractivity contribution < 1.29 is 4.52 Å². The first-order chi connectivity index (χ1) is 12.6. The molecule has 1 aromatic heterocycles. The van der Waals surface area contributed by atoms with Crippen LogP contribution in [0.4, 0.5) is 5.95 Å². The van der Waals surface area contributed by atoms with E-state index in [1.807, 2.05) is 0 Å². The Balaban J connectivity index is 1.38. The van der Waals surface area contributed by atoms with Crippen molar-refractivity contribution in [2.24, 2.45) is 0 Å². The summed E-state index contributed by atoms with van der Waals surface area (Å²) in [6.45, 7) is 11.0. The average molecular weight is 355 g/mol. The lowest BCUT2D eigenvalue weighted by molar-refractivity contribution is 0.0980. The topological polar surface area (TPSA) is 48.6 Å². The molecule has 0 saturated carbocycles. The quantitative estimate of drug-likeness (QED) is 0.843. The number of likely N-dealkylation sites (N-methyl/N-ethyl adjacent to an activating group) is 1. The molecule has 0 amide bonds. The number of rotatable bonds is 3. The van der Waals surface area contributed by atoms with E-state index in [1.165, 1.54) is 50.1 Å². The lowest BCUT2D eigenvalue weighted by Gasteiger charge is -2.41. The van der Waals surface area contributed by atoms with Crippen LogP contribution in [0.3, 0.4) is 0 Å². The Morgan fingerprint density at radius 2 is 1.73 bits per heavy atom. The number of nitrogens with zero attached hydrogens (tertiary/aromatic N) is 5. The zero-order valence-corrected chi connectivity index (χ0v) is 16.1. The summed E-state index contributed by atoms with van der Waals surface area (Å²) in [5, 5.41) is 4.25. The molecule has 6 heteroatoms. The highest BCUT2D eigenvalue weighted by atomic mass is 16.5. The van der Waals surface area contributed by atoms with Gasteiger partial charge in [-0.25, -0.2) is 0 Å². The molecule has 0 aliphatic carbocycles. The normalized spacial score (nSPS) is 20.7. The Labute approximate surface area is 155 Å². The number of aromatic nitrogens is 2. The van der Waals surface area contributed by atoms with E-state index in [2.05, 4.69) is 63.9 Å². The van der Waals surface area contributed by atoms with E-state index in [1.54, 1.807) is 0 Å². The average Bonchev–Trinajstić information content (AvgIpc) is 3.12. The molecule has 4 rings (SSSR count). The maximum atomic E-state index is 5.56. The molecule has 26 heavy (non-hydrogen) atoms. The summed E-state index contributed by atoms with van der Waals surface area (Å²) in [6, 6.07) is 7.02. The number of piperazine rings is 1. The Hall–Kier alpha value is -1.92. The fraction of sp³-hybridized carbons (Fsp3) is 0.600. The maximum absolute atomic E-state index is 5.56. The van der Waals surface area contributed by atoms with E-state index >= 15 is 0 Å². The van der Waals surface area contributed by atoms with Crippen molar-refractivity contribution in [2.45, 2.75) is 32.7 Å². The van der Waals surface area contributed by atoms with E-state index in [0.29, 0.717) is 11.9 Å². The van der Waals surface area contributed by atoms with Crippen LogP contribution < -0.4 is 4.90 Å². The second-order valence-electron chi connectivity index (χ2n) is 7.78. The number of piperidine rings is 1. The van der Waals surface area contributed by atoms with Crippen LogP contribution in [-0.2, 0) is 0 Å². The predicted octanol–water partition coefficient (Wildman–Crippen LogP) is 2.57. The van der Waals surface area contributed by atoms with Crippen molar-refractivity contribution in [2.75, 3.05) is 51.2 Å². The minimum Gasteiger partial charge on any atom is -0.338 e. The second-order valence-corrected chi connectivity index (χ2v) is 7.78. The Morgan fingerprint density at radius 3 is 2.42 bits per heavy atom. The van der Waals surface area contributed by atoms with Gasteiger partial charge in [-0.15, -0.1) is 0 Å². The molecule has 3 heterocycles. The predicted molar refractivity (Wildman–Crippen MR) is 104 cm³/mol. The molecule has 2 fully saturated rings. The molecule has 6 nitrogen and oxygen atoms in total. The van der Waals surface area contributed by atoms with Gasteiger partial charge in [0.05, 0.1) is 0 Å². The lowest BCUT2D eigenvalue weighted by Crippen LogP contribution is -2.52. The van der Waals surface area contributed by atoms with E-state index in [-0.39, 0.29) is 0 Å². The molecule has 0 radical (unpaired) electrons. The van der Waals surface area contributed by atoms with Crippen molar-refractivity contribution in [1.29, 1.82) is 0 Å². The van der Waals surface area contributed by atoms with Gasteiger partial charge in [0.1, 0.15) is 0 Å². The summed E-state index contributed by atoms with van der Waals surface area (Å²) in [4.78, 5) is 12.0. The summed E-state index contributed by atoms with van der Waals surface area (Å²) in [5.41, 5.74) is 3.45. The van der Waals surface area contributed by atoms with Crippen LogP contribution >= 0.6 is 0 Å². The second kappa shape index (κ2) is 7.37. The van der Waals surface area contributed by atoms with Gasteiger partial charge < -0.3 is 14.3 Å².